The van der Waals surface area contributed by atoms with Crippen LogP contribution in [0.2, 0.25) is 0 Å². The van der Waals surface area contributed by atoms with E-state index in [1.807, 2.05) is 25.1 Å². The van der Waals surface area contributed by atoms with Gasteiger partial charge in [-0.15, -0.1) is 0 Å². The minimum atomic E-state index is -1.67. The number of hydrogen-bond donors (Lipinski definition) is 3. The van der Waals surface area contributed by atoms with Crippen molar-refractivity contribution in [2.45, 2.75) is 50.7 Å². The molecule has 1 saturated carbocycles. The third-order valence-corrected chi connectivity index (χ3v) is 8.10. The largest absolute Gasteiger partial charge is 0.490 e. The molecule has 9 nitrogen and oxygen atoms in total. The zero-order valence-corrected chi connectivity index (χ0v) is 24.7. The van der Waals surface area contributed by atoms with Crippen LogP contribution in [0.3, 0.4) is 0 Å². The summed E-state index contributed by atoms with van der Waals surface area (Å²) in [6, 6.07) is 18.1. The highest BCUT2D eigenvalue weighted by atomic mass is 19.1. The number of fused-ring (bicyclic) bond motifs is 1. The molecule has 226 valence electrons. The second-order valence-corrected chi connectivity index (χ2v) is 11.9. The molecule has 44 heavy (non-hydrogen) atoms. The highest BCUT2D eigenvalue weighted by molar-refractivity contribution is 5.96. The number of ether oxygens (including phenoxy) is 2. The van der Waals surface area contributed by atoms with Crippen molar-refractivity contribution in [2.75, 3.05) is 13.2 Å². The number of nitrogens with one attached hydrogen (secondary N) is 1. The van der Waals surface area contributed by atoms with E-state index in [0.717, 1.165) is 18.5 Å². The molecular weight excluding hydrogens is 563 g/mol. The maximum absolute atomic E-state index is 13.7. The van der Waals surface area contributed by atoms with Crippen LogP contribution in [0.5, 0.6) is 11.5 Å². The van der Waals surface area contributed by atoms with Gasteiger partial charge in [0.1, 0.15) is 40.6 Å². The normalized spacial score (nSPS) is 18.6. The van der Waals surface area contributed by atoms with Gasteiger partial charge in [-0.3, -0.25) is 14.6 Å². The molecule has 0 saturated heterocycles. The van der Waals surface area contributed by atoms with Gasteiger partial charge in [-0.05, 0) is 94.3 Å². The van der Waals surface area contributed by atoms with Gasteiger partial charge in [-0.25, -0.2) is 9.37 Å². The summed E-state index contributed by atoms with van der Waals surface area (Å²) in [7, 11) is 0. The lowest BCUT2D eigenvalue weighted by Crippen LogP contribution is -2.41. The minimum Gasteiger partial charge on any atom is -0.490 e. The van der Waals surface area contributed by atoms with E-state index in [4.69, 9.17) is 15.2 Å². The van der Waals surface area contributed by atoms with Crippen LogP contribution in [-0.2, 0) is 15.8 Å². The monoisotopic (exact) mass is 596 g/mol. The van der Waals surface area contributed by atoms with E-state index >= 15 is 0 Å². The molecule has 1 aliphatic carbocycles. The van der Waals surface area contributed by atoms with Crippen molar-refractivity contribution in [3.05, 3.63) is 95.1 Å². The first-order chi connectivity index (χ1) is 20.9. The highest BCUT2D eigenvalue weighted by Crippen LogP contribution is 2.45. The third kappa shape index (κ3) is 5.60. The Morgan fingerprint density at radius 1 is 1.14 bits per heavy atom. The zero-order valence-electron chi connectivity index (χ0n) is 24.7. The Balaban J connectivity index is 1.30. The van der Waals surface area contributed by atoms with Crippen molar-refractivity contribution in [3.63, 3.8) is 0 Å². The molecule has 2 atom stereocenters. The predicted molar refractivity (Wildman–Crippen MR) is 162 cm³/mol. The first kappa shape index (κ1) is 29.3. The molecule has 10 heteroatoms. The number of aliphatic hydroxyl groups is 1. The number of carbonyl (C=O) groups is 2. The van der Waals surface area contributed by atoms with Crippen LogP contribution in [0.1, 0.15) is 54.0 Å². The summed E-state index contributed by atoms with van der Waals surface area (Å²) in [5.41, 5.74) is 7.02. The van der Waals surface area contributed by atoms with Crippen LogP contribution in [0.15, 0.2) is 66.7 Å². The molecule has 2 amide bonds. The summed E-state index contributed by atoms with van der Waals surface area (Å²) in [5.74, 6) is -0.439. The standard InChI is InChI=1S/C34H33FN4O5/c1-19-5-4-6-26(38-19)24-15-21(9-14-27(24)44-23-12-13-23)31(40)37-17-34(3,42)28-16-25-30(43-18-33(25,2)32(36)41)29(39-28)20-7-10-22(35)11-8-20/h4-11,14-16,23,42H,12-13,17-18H2,1-3H3,(H2,36,41)(H,37,40)/t33-,34-/m0/s1. The molecule has 1 aliphatic heterocycles. The van der Waals surface area contributed by atoms with Crippen molar-refractivity contribution in [2.24, 2.45) is 5.73 Å². The summed E-state index contributed by atoms with van der Waals surface area (Å²) in [5, 5.41) is 14.4. The van der Waals surface area contributed by atoms with Gasteiger partial charge in [0.15, 0.2) is 0 Å². The molecule has 2 aromatic heterocycles. The minimum absolute atomic E-state index is 0.00550. The number of carbonyl (C=O) groups excluding carboxylic acids is 2. The predicted octanol–water partition coefficient (Wildman–Crippen LogP) is 4.57. The molecule has 2 aromatic carbocycles. The number of rotatable bonds is 9. The third-order valence-electron chi connectivity index (χ3n) is 8.10. The Kier molecular flexibility index (Phi) is 7.33. The Morgan fingerprint density at radius 3 is 2.57 bits per heavy atom. The van der Waals surface area contributed by atoms with Crippen LogP contribution in [0.4, 0.5) is 4.39 Å². The Labute approximate surface area is 254 Å². The Morgan fingerprint density at radius 2 is 1.89 bits per heavy atom. The Hall–Kier alpha value is -4.83. The van der Waals surface area contributed by atoms with E-state index in [-0.39, 0.29) is 24.9 Å². The summed E-state index contributed by atoms with van der Waals surface area (Å²) >= 11 is 0. The maximum Gasteiger partial charge on any atom is 0.251 e. The molecule has 6 rings (SSSR count). The smallest absolute Gasteiger partial charge is 0.251 e. The van der Waals surface area contributed by atoms with Crippen molar-refractivity contribution in [3.8, 4) is 34.0 Å². The number of halogens is 1. The fourth-order valence-electron chi connectivity index (χ4n) is 5.14. The van der Waals surface area contributed by atoms with E-state index in [1.165, 1.54) is 19.1 Å². The number of hydrogen-bond acceptors (Lipinski definition) is 7. The molecular formula is C34H33FN4O5. The molecule has 1 fully saturated rings. The molecule has 0 bridgehead atoms. The molecule has 4 N–H and O–H groups in total. The van der Waals surface area contributed by atoms with Gasteiger partial charge in [0.25, 0.3) is 5.91 Å². The SMILES string of the molecule is Cc1cccc(-c2cc(C(=O)NC[C@](C)(O)c3cc4c(c(-c5ccc(F)cc5)n3)OC[C@]4(C)C(N)=O)ccc2OC2CC2)n1. The highest BCUT2D eigenvalue weighted by Gasteiger charge is 2.45. The van der Waals surface area contributed by atoms with Crippen LogP contribution in [-0.4, -0.2) is 46.1 Å². The molecule has 3 heterocycles. The van der Waals surface area contributed by atoms with Gasteiger partial charge in [-0.2, -0.15) is 0 Å². The molecule has 0 radical (unpaired) electrons. The second kappa shape index (κ2) is 11.0. The van der Waals surface area contributed by atoms with Gasteiger partial charge in [0, 0.05) is 27.9 Å². The van der Waals surface area contributed by atoms with Crippen molar-refractivity contribution < 1.29 is 28.6 Å². The van der Waals surface area contributed by atoms with Crippen LogP contribution >= 0.6 is 0 Å². The van der Waals surface area contributed by atoms with E-state index < -0.39 is 28.6 Å². The number of amides is 2. The number of aryl methyl sites for hydroxylation is 1. The zero-order chi connectivity index (χ0) is 31.2. The van der Waals surface area contributed by atoms with Crippen molar-refractivity contribution in [1.29, 1.82) is 0 Å². The summed E-state index contributed by atoms with van der Waals surface area (Å²) in [6.07, 6.45) is 2.14. The van der Waals surface area contributed by atoms with E-state index in [0.29, 0.717) is 45.1 Å². The van der Waals surface area contributed by atoms with Crippen LogP contribution in [0, 0.1) is 12.7 Å². The topological polar surface area (TPSA) is 137 Å². The van der Waals surface area contributed by atoms with E-state index in [1.54, 1.807) is 43.3 Å². The maximum atomic E-state index is 13.7. The van der Waals surface area contributed by atoms with Crippen molar-refractivity contribution in [1.82, 2.24) is 15.3 Å². The van der Waals surface area contributed by atoms with Gasteiger partial charge in [-0.1, -0.05) is 6.07 Å². The number of aromatic nitrogens is 2. The number of pyridine rings is 2. The summed E-state index contributed by atoms with van der Waals surface area (Å²) < 4.78 is 25.7. The number of benzene rings is 2. The first-order valence-corrected chi connectivity index (χ1v) is 14.4. The van der Waals surface area contributed by atoms with Gasteiger partial charge >= 0.3 is 0 Å². The number of primary amides is 1. The molecule has 0 spiro atoms. The lowest BCUT2D eigenvalue weighted by Gasteiger charge is -2.26. The molecule has 0 unspecified atom stereocenters. The van der Waals surface area contributed by atoms with Crippen LogP contribution < -0.4 is 20.5 Å². The quantitative estimate of drug-likeness (QED) is 0.257. The average Bonchev–Trinajstić information content (AvgIpc) is 3.76. The second-order valence-electron chi connectivity index (χ2n) is 11.9. The first-order valence-electron chi connectivity index (χ1n) is 14.4. The van der Waals surface area contributed by atoms with E-state index in [9.17, 15) is 19.1 Å². The average molecular weight is 597 g/mol. The molecule has 2 aliphatic rings. The summed E-state index contributed by atoms with van der Waals surface area (Å²) in [6.45, 7) is 4.87. The molecule has 4 aromatic rings. The lowest BCUT2D eigenvalue weighted by molar-refractivity contribution is -0.123. The fraction of sp³-hybridized carbons (Fsp3) is 0.294. The van der Waals surface area contributed by atoms with Gasteiger partial charge in [0.05, 0.1) is 24.0 Å². The van der Waals surface area contributed by atoms with Crippen molar-refractivity contribution >= 4 is 11.8 Å². The number of nitrogens with two attached hydrogens (primary N) is 1. The number of nitrogens with zero attached hydrogens (tertiary/aromatic N) is 2. The fourth-order valence-corrected chi connectivity index (χ4v) is 5.14. The lowest BCUT2D eigenvalue weighted by atomic mass is 9.82. The summed E-state index contributed by atoms with van der Waals surface area (Å²) in [4.78, 5) is 35.2. The van der Waals surface area contributed by atoms with Gasteiger partial charge in [0.2, 0.25) is 5.91 Å². The van der Waals surface area contributed by atoms with E-state index in [2.05, 4.69) is 15.3 Å². The Bertz CT molecular complexity index is 1770. The van der Waals surface area contributed by atoms with Gasteiger partial charge < -0.3 is 25.6 Å². The van der Waals surface area contributed by atoms with Crippen LogP contribution in [0.25, 0.3) is 22.5 Å².